The molecule has 0 bridgehead atoms. The average molecular weight is 409 g/mol. The lowest BCUT2D eigenvalue weighted by molar-refractivity contribution is -0.125. The summed E-state index contributed by atoms with van der Waals surface area (Å²) in [5.41, 5.74) is 2.55. The number of morpholine rings is 1. The smallest absolute Gasteiger partial charge is 0.414 e. The molecule has 0 radical (unpaired) electrons. The van der Waals surface area contributed by atoms with Crippen molar-refractivity contribution in [2.24, 2.45) is 4.99 Å². The fraction of sp³-hybridized carbons (Fsp3) is 0.348. The Kier molecular flexibility index (Phi) is 7.57. The lowest BCUT2D eigenvalue weighted by Gasteiger charge is -2.27. The predicted molar refractivity (Wildman–Crippen MR) is 117 cm³/mol. The van der Waals surface area contributed by atoms with Gasteiger partial charge < -0.3 is 14.4 Å². The number of anilines is 2. The van der Waals surface area contributed by atoms with E-state index in [-0.39, 0.29) is 24.7 Å². The Balaban J connectivity index is 0.00000124. The molecule has 2 aliphatic rings. The van der Waals surface area contributed by atoms with Gasteiger partial charge in [-0.3, -0.25) is 14.7 Å². The van der Waals surface area contributed by atoms with Crippen LogP contribution in [0.4, 0.5) is 16.2 Å². The fourth-order valence-corrected chi connectivity index (χ4v) is 3.25. The van der Waals surface area contributed by atoms with Crippen LogP contribution in [0, 0.1) is 0 Å². The maximum atomic E-state index is 12.2. The molecular weight excluding hydrogens is 382 g/mol. The highest BCUT2D eigenvalue weighted by Gasteiger charge is 2.32. The minimum absolute atomic E-state index is 0.0593. The van der Waals surface area contributed by atoms with Crippen LogP contribution in [0.15, 0.2) is 59.6 Å². The molecular formula is C23H27N3O4. The van der Waals surface area contributed by atoms with Gasteiger partial charge >= 0.3 is 6.09 Å². The van der Waals surface area contributed by atoms with Crippen molar-refractivity contribution in [3.05, 3.63) is 60.2 Å². The topological polar surface area (TPSA) is 71.4 Å². The first-order chi connectivity index (χ1) is 14.7. The van der Waals surface area contributed by atoms with E-state index < -0.39 is 0 Å². The molecule has 1 atom stereocenters. The number of nitrogens with zero attached hydrogens (tertiary/aromatic N) is 3. The van der Waals surface area contributed by atoms with Crippen LogP contribution in [0.5, 0.6) is 0 Å². The summed E-state index contributed by atoms with van der Waals surface area (Å²) in [5.74, 6) is -0.0593. The van der Waals surface area contributed by atoms with E-state index in [1.807, 2.05) is 68.4 Å². The molecule has 2 heterocycles. The first kappa shape index (κ1) is 21.5. The first-order valence-electron chi connectivity index (χ1n) is 10.2. The predicted octanol–water partition coefficient (Wildman–Crippen LogP) is 3.52. The zero-order valence-corrected chi connectivity index (χ0v) is 17.4. The van der Waals surface area contributed by atoms with Crippen molar-refractivity contribution in [1.82, 2.24) is 0 Å². The molecule has 30 heavy (non-hydrogen) atoms. The third-order valence-electron chi connectivity index (χ3n) is 4.68. The van der Waals surface area contributed by atoms with E-state index in [0.29, 0.717) is 26.2 Å². The number of amides is 2. The zero-order chi connectivity index (χ0) is 21.3. The van der Waals surface area contributed by atoms with Crippen molar-refractivity contribution in [3.8, 4) is 0 Å². The van der Waals surface area contributed by atoms with Crippen LogP contribution >= 0.6 is 0 Å². The number of hydrogen-bond acceptors (Lipinski definition) is 5. The monoisotopic (exact) mass is 409 g/mol. The number of cyclic esters (lactones) is 1. The van der Waals surface area contributed by atoms with Crippen LogP contribution in [0.1, 0.15) is 19.4 Å². The summed E-state index contributed by atoms with van der Waals surface area (Å²) in [4.78, 5) is 31.8. The van der Waals surface area contributed by atoms with E-state index in [1.165, 1.54) is 0 Å². The minimum Gasteiger partial charge on any atom is -0.442 e. The van der Waals surface area contributed by atoms with Gasteiger partial charge in [-0.05, 0) is 29.8 Å². The third kappa shape index (κ3) is 5.24. The van der Waals surface area contributed by atoms with Crippen molar-refractivity contribution < 1.29 is 19.1 Å². The maximum absolute atomic E-state index is 12.2. The Morgan fingerprint density at radius 1 is 1.00 bits per heavy atom. The molecule has 1 unspecified atom stereocenters. The second kappa shape index (κ2) is 10.5. The number of carbonyl (C=O) groups excluding carboxylic acids is 2. The van der Waals surface area contributed by atoms with Crippen molar-refractivity contribution >= 4 is 29.6 Å². The zero-order valence-electron chi connectivity index (χ0n) is 17.4. The second-order valence-corrected chi connectivity index (χ2v) is 6.64. The molecule has 0 saturated carbocycles. The number of benzene rings is 2. The Morgan fingerprint density at radius 3 is 2.33 bits per heavy atom. The standard InChI is InChI=1S/C21H21N3O4.C2H6/c25-20-15-27-11-10-23(20)17-6-8-18(9-7-17)24-14-19(28-21(24)26)13-22-12-16-4-2-1-3-5-16;1-2/h1-9,12,19H,10-11,13-15H2;1-2H3. The Labute approximate surface area is 176 Å². The van der Waals surface area contributed by atoms with Crippen LogP contribution in [0.3, 0.4) is 0 Å². The van der Waals surface area contributed by atoms with Gasteiger partial charge in [0.1, 0.15) is 12.7 Å². The Hall–Kier alpha value is -3.19. The van der Waals surface area contributed by atoms with Crippen molar-refractivity contribution in [2.45, 2.75) is 20.0 Å². The summed E-state index contributed by atoms with van der Waals surface area (Å²) < 4.78 is 10.6. The van der Waals surface area contributed by atoms with Crippen LogP contribution in [-0.2, 0) is 14.3 Å². The van der Waals surface area contributed by atoms with E-state index in [1.54, 1.807) is 16.0 Å². The van der Waals surface area contributed by atoms with Gasteiger partial charge in [-0.25, -0.2) is 4.79 Å². The highest BCUT2D eigenvalue weighted by atomic mass is 16.6. The molecule has 7 heteroatoms. The van der Waals surface area contributed by atoms with Gasteiger partial charge in [0.25, 0.3) is 5.91 Å². The SMILES string of the molecule is CC.O=C1COCCN1c1ccc(N2CC(CN=Cc3ccccc3)OC2=O)cc1. The van der Waals surface area contributed by atoms with E-state index in [4.69, 9.17) is 9.47 Å². The Bertz CT molecular complexity index is 868. The number of aliphatic imine (C=N–C) groups is 1. The molecule has 2 aromatic carbocycles. The lowest BCUT2D eigenvalue weighted by atomic mass is 10.2. The largest absolute Gasteiger partial charge is 0.442 e. The molecule has 4 rings (SSSR count). The van der Waals surface area contributed by atoms with Gasteiger partial charge in [-0.15, -0.1) is 0 Å². The number of rotatable bonds is 5. The van der Waals surface area contributed by atoms with Gasteiger partial charge in [0.2, 0.25) is 0 Å². The highest BCUT2D eigenvalue weighted by Crippen LogP contribution is 2.25. The molecule has 0 N–H and O–H groups in total. The van der Waals surface area contributed by atoms with Crippen LogP contribution < -0.4 is 9.80 Å². The average Bonchev–Trinajstić information content (AvgIpc) is 3.17. The number of ether oxygens (including phenoxy) is 2. The molecule has 2 aliphatic heterocycles. The van der Waals surface area contributed by atoms with Gasteiger partial charge in [-0.1, -0.05) is 44.2 Å². The van der Waals surface area contributed by atoms with Gasteiger partial charge in [0, 0.05) is 24.1 Å². The number of hydrogen-bond donors (Lipinski definition) is 0. The molecule has 2 saturated heterocycles. The van der Waals surface area contributed by atoms with E-state index in [2.05, 4.69) is 4.99 Å². The van der Waals surface area contributed by atoms with Crippen LogP contribution in [-0.4, -0.2) is 57.2 Å². The number of carbonyl (C=O) groups is 2. The lowest BCUT2D eigenvalue weighted by Crippen LogP contribution is -2.41. The molecule has 2 aromatic rings. The summed E-state index contributed by atoms with van der Waals surface area (Å²) in [6, 6.07) is 17.1. The maximum Gasteiger partial charge on any atom is 0.414 e. The molecule has 0 aromatic heterocycles. The normalized spacial score (nSPS) is 18.9. The molecule has 7 nitrogen and oxygen atoms in total. The molecule has 0 spiro atoms. The van der Waals surface area contributed by atoms with Crippen molar-refractivity contribution in [3.63, 3.8) is 0 Å². The van der Waals surface area contributed by atoms with Crippen LogP contribution in [0.25, 0.3) is 0 Å². The summed E-state index contributed by atoms with van der Waals surface area (Å²) in [6.45, 7) is 6.02. The van der Waals surface area contributed by atoms with Crippen molar-refractivity contribution in [2.75, 3.05) is 42.6 Å². The summed E-state index contributed by atoms with van der Waals surface area (Å²) in [6.07, 6.45) is 1.12. The van der Waals surface area contributed by atoms with Gasteiger partial charge in [-0.2, -0.15) is 0 Å². The Morgan fingerprint density at radius 2 is 1.67 bits per heavy atom. The fourth-order valence-electron chi connectivity index (χ4n) is 3.25. The summed E-state index contributed by atoms with van der Waals surface area (Å²) >= 11 is 0. The van der Waals surface area contributed by atoms with Crippen molar-refractivity contribution in [1.29, 1.82) is 0 Å². The second-order valence-electron chi connectivity index (χ2n) is 6.64. The quantitative estimate of drug-likeness (QED) is 0.709. The molecule has 158 valence electrons. The van der Waals surface area contributed by atoms with E-state index in [0.717, 1.165) is 16.9 Å². The van der Waals surface area contributed by atoms with E-state index >= 15 is 0 Å². The third-order valence-corrected chi connectivity index (χ3v) is 4.68. The van der Waals surface area contributed by atoms with Gasteiger partial charge in [0.15, 0.2) is 0 Å². The van der Waals surface area contributed by atoms with Gasteiger partial charge in [0.05, 0.1) is 19.7 Å². The molecule has 0 aliphatic carbocycles. The minimum atomic E-state index is -0.380. The van der Waals surface area contributed by atoms with Crippen LogP contribution in [0.2, 0.25) is 0 Å². The summed E-state index contributed by atoms with van der Waals surface area (Å²) in [5, 5.41) is 0. The molecule has 2 fully saturated rings. The first-order valence-corrected chi connectivity index (χ1v) is 10.2. The summed E-state index contributed by atoms with van der Waals surface area (Å²) in [7, 11) is 0. The highest BCUT2D eigenvalue weighted by molar-refractivity contribution is 5.95. The van der Waals surface area contributed by atoms with E-state index in [9.17, 15) is 9.59 Å². The molecule has 2 amide bonds.